The molecule has 0 radical (unpaired) electrons. The van der Waals surface area contributed by atoms with E-state index < -0.39 is 0 Å². The molecule has 1 nitrogen and oxygen atoms in total. The van der Waals surface area contributed by atoms with Crippen LogP contribution in [-0.4, -0.2) is 7.05 Å². The van der Waals surface area contributed by atoms with Crippen molar-refractivity contribution in [2.45, 2.75) is 39.2 Å². The van der Waals surface area contributed by atoms with E-state index in [9.17, 15) is 4.39 Å². The van der Waals surface area contributed by atoms with Crippen LogP contribution in [0.25, 0.3) is 0 Å². The van der Waals surface area contributed by atoms with E-state index in [2.05, 4.69) is 19.2 Å². The summed E-state index contributed by atoms with van der Waals surface area (Å²) in [5.74, 6) is 1.75. The highest BCUT2D eigenvalue weighted by molar-refractivity contribution is 6.30. The van der Waals surface area contributed by atoms with Gasteiger partial charge in [0.05, 0.1) is 0 Å². The molecule has 1 aromatic carbocycles. The lowest BCUT2D eigenvalue weighted by Crippen LogP contribution is -2.32. The SMILES string of the molecule is CNC(c1ccc(Cl)cc1F)C1CC(C)CC(C)C1. The first-order chi connectivity index (χ1) is 9.01. The Hall–Kier alpha value is -0.600. The van der Waals surface area contributed by atoms with Gasteiger partial charge < -0.3 is 5.32 Å². The number of nitrogens with one attached hydrogen (secondary N) is 1. The minimum absolute atomic E-state index is 0.0856. The molecule has 106 valence electrons. The molecule has 19 heavy (non-hydrogen) atoms. The van der Waals surface area contributed by atoms with Gasteiger partial charge in [0.2, 0.25) is 0 Å². The zero-order valence-electron chi connectivity index (χ0n) is 11.9. The summed E-state index contributed by atoms with van der Waals surface area (Å²) in [6.45, 7) is 4.60. The molecule has 0 aromatic heterocycles. The Morgan fingerprint density at radius 1 is 1.21 bits per heavy atom. The molecule has 1 saturated carbocycles. The average Bonchev–Trinajstić information content (AvgIpc) is 2.31. The van der Waals surface area contributed by atoms with Gasteiger partial charge in [-0.1, -0.05) is 31.5 Å². The van der Waals surface area contributed by atoms with Crippen LogP contribution in [-0.2, 0) is 0 Å². The largest absolute Gasteiger partial charge is 0.313 e. The monoisotopic (exact) mass is 283 g/mol. The van der Waals surface area contributed by atoms with Crippen molar-refractivity contribution in [1.82, 2.24) is 5.32 Å². The van der Waals surface area contributed by atoms with Crippen LogP contribution < -0.4 is 5.32 Å². The van der Waals surface area contributed by atoms with Crippen LogP contribution >= 0.6 is 11.6 Å². The molecule has 0 spiro atoms. The molecule has 1 aromatic rings. The zero-order valence-corrected chi connectivity index (χ0v) is 12.7. The highest BCUT2D eigenvalue weighted by Crippen LogP contribution is 2.40. The van der Waals surface area contributed by atoms with Crippen molar-refractivity contribution in [1.29, 1.82) is 0 Å². The smallest absolute Gasteiger partial charge is 0.129 e. The predicted molar refractivity (Wildman–Crippen MR) is 78.9 cm³/mol. The Morgan fingerprint density at radius 2 is 1.84 bits per heavy atom. The summed E-state index contributed by atoms with van der Waals surface area (Å²) in [6, 6.07) is 5.10. The predicted octanol–water partition coefficient (Wildman–Crippen LogP) is 4.81. The maximum absolute atomic E-state index is 14.1. The lowest BCUT2D eigenvalue weighted by molar-refractivity contribution is 0.179. The molecule has 0 bridgehead atoms. The van der Waals surface area contributed by atoms with Crippen LogP contribution in [0.1, 0.15) is 44.7 Å². The third-order valence-corrected chi connectivity index (χ3v) is 4.53. The highest BCUT2D eigenvalue weighted by Gasteiger charge is 2.31. The molecule has 3 unspecified atom stereocenters. The maximum atomic E-state index is 14.1. The summed E-state index contributed by atoms with van der Waals surface area (Å²) in [5.41, 5.74) is 0.748. The van der Waals surface area contributed by atoms with Gasteiger partial charge in [0.15, 0.2) is 0 Å². The molecule has 3 atom stereocenters. The Morgan fingerprint density at radius 3 is 2.37 bits per heavy atom. The number of rotatable bonds is 3. The van der Waals surface area contributed by atoms with E-state index in [0.717, 1.165) is 30.2 Å². The quantitative estimate of drug-likeness (QED) is 0.839. The second kappa shape index (κ2) is 6.23. The van der Waals surface area contributed by atoms with Gasteiger partial charge >= 0.3 is 0 Å². The second-order valence-corrected chi connectivity index (χ2v) is 6.55. The fraction of sp³-hybridized carbons (Fsp3) is 0.625. The van der Waals surface area contributed by atoms with E-state index in [1.165, 1.54) is 12.5 Å². The van der Waals surface area contributed by atoms with Crippen LogP contribution in [0.15, 0.2) is 18.2 Å². The minimum atomic E-state index is -0.197. The van der Waals surface area contributed by atoms with Crippen LogP contribution in [0.3, 0.4) is 0 Å². The van der Waals surface area contributed by atoms with Gasteiger partial charge in [0.25, 0.3) is 0 Å². The van der Waals surface area contributed by atoms with Gasteiger partial charge in [-0.3, -0.25) is 0 Å². The molecule has 0 aliphatic heterocycles. The molecule has 2 rings (SSSR count). The summed E-state index contributed by atoms with van der Waals surface area (Å²) < 4.78 is 14.1. The van der Waals surface area contributed by atoms with Gasteiger partial charge in [-0.15, -0.1) is 0 Å². The molecule has 1 N–H and O–H groups in total. The number of benzene rings is 1. The minimum Gasteiger partial charge on any atom is -0.313 e. The van der Waals surface area contributed by atoms with Crippen molar-refractivity contribution in [3.63, 3.8) is 0 Å². The van der Waals surface area contributed by atoms with Crippen molar-refractivity contribution < 1.29 is 4.39 Å². The number of halogens is 2. The van der Waals surface area contributed by atoms with E-state index in [1.807, 2.05) is 13.1 Å². The van der Waals surface area contributed by atoms with Gasteiger partial charge in [0.1, 0.15) is 5.82 Å². The Labute approximate surface area is 120 Å². The lowest BCUT2D eigenvalue weighted by atomic mass is 9.72. The summed E-state index contributed by atoms with van der Waals surface area (Å²) >= 11 is 5.84. The Kier molecular flexibility index (Phi) is 4.86. The molecule has 3 heteroatoms. The topological polar surface area (TPSA) is 12.0 Å². The number of hydrogen-bond acceptors (Lipinski definition) is 1. The van der Waals surface area contributed by atoms with E-state index >= 15 is 0 Å². The van der Waals surface area contributed by atoms with Crippen LogP contribution in [0, 0.1) is 23.6 Å². The van der Waals surface area contributed by atoms with Gasteiger partial charge in [-0.25, -0.2) is 4.39 Å². The van der Waals surface area contributed by atoms with Crippen molar-refractivity contribution >= 4 is 11.6 Å². The maximum Gasteiger partial charge on any atom is 0.129 e. The van der Waals surface area contributed by atoms with Crippen LogP contribution in [0.2, 0.25) is 5.02 Å². The van der Waals surface area contributed by atoms with Crippen LogP contribution in [0.5, 0.6) is 0 Å². The first-order valence-corrected chi connectivity index (χ1v) is 7.51. The van der Waals surface area contributed by atoms with E-state index in [0.29, 0.717) is 10.9 Å². The van der Waals surface area contributed by atoms with Gasteiger partial charge in [-0.05, 0) is 56.2 Å². The molecule has 0 heterocycles. The van der Waals surface area contributed by atoms with Crippen molar-refractivity contribution in [3.05, 3.63) is 34.6 Å². The zero-order chi connectivity index (χ0) is 14.0. The summed E-state index contributed by atoms with van der Waals surface area (Å²) in [5, 5.41) is 3.77. The summed E-state index contributed by atoms with van der Waals surface area (Å²) in [6.07, 6.45) is 3.62. The molecule has 1 fully saturated rings. The molecule has 0 amide bonds. The highest BCUT2D eigenvalue weighted by atomic mass is 35.5. The summed E-state index contributed by atoms with van der Waals surface area (Å²) in [4.78, 5) is 0. The first kappa shape index (κ1) is 14.8. The number of hydrogen-bond donors (Lipinski definition) is 1. The van der Waals surface area contributed by atoms with Crippen LogP contribution in [0.4, 0.5) is 4.39 Å². The fourth-order valence-electron chi connectivity index (χ4n) is 3.68. The molecular formula is C16H23ClFN. The van der Waals surface area contributed by atoms with E-state index in [4.69, 9.17) is 11.6 Å². The Balaban J connectivity index is 2.23. The van der Waals surface area contributed by atoms with E-state index in [1.54, 1.807) is 6.07 Å². The Bertz CT molecular complexity index is 425. The standard InChI is InChI=1S/C16H23ClFN/c1-10-6-11(2)8-12(7-10)16(19-3)14-5-4-13(17)9-15(14)18/h4-5,9-12,16,19H,6-8H2,1-3H3. The first-order valence-electron chi connectivity index (χ1n) is 7.13. The lowest BCUT2D eigenvalue weighted by Gasteiger charge is -2.36. The summed E-state index contributed by atoms with van der Waals surface area (Å²) in [7, 11) is 1.92. The fourth-order valence-corrected chi connectivity index (χ4v) is 3.84. The van der Waals surface area contributed by atoms with Crippen molar-refractivity contribution in [2.75, 3.05) is 7.05 Å². The molecule has 1 aliphatic rings. The normalized spacial score (nSPS) is 29.2. The third-order valence-electron chi connectivity index (χ3n) is 4.29. The molecule has 0 saturated heterocycles. The van der Waals surface area contributed by atoms with Crippen molar-refractivity contribution in [2.24, 2.45) is 17.8 Å². The molecular weight excluding hydrogens is 261 g/mol. The third kappa shape index (κ3) is 3.49. The van der Waals surface area contributed by atoms with E-state index in [-0.39, 0.29) is 11.9 Å². The van der Waals surface area contributed by atoms with Gasteiger partial charge in [0, 0.05) is 16.6 Å². The van der Waals surface area contributed by atoms with Gasteiger partial charge in [-0.2, -0.15) is 0 Å². The van der Waals surface area contributed by atoms with Crippen molar-refractivity contribution in [3.8, 4) is 0 Å². The average molecular weight is 284 g/mol. The second-order valence-electron chi connectivity index (χ2n) is 6.11. The molecule has 1 aliphatic carbocycles.